The summed E-state index contributed by atoms with van der Waals surface area (Å²) < 4.78 is 1.24. The van der Waals surface area contributed by atoms with E-state index in [0.717, 1.165) is 11.1 Å². The molecule has 0 saturated carbocycles. The number of hydrogen-bond acceptors (Lipinski definition) is 5. The molecule has 8 heteroatoms. The largest absolute Gasteiger partial charge is 0.277 e. The van der Waals surface area contributed by atoms with Crippen molar-refractivity contribution in [1.29, 1.82) is 5.26 Å². The van der Waals surface area contributed by atoms with Crippen LogP contribution in [-0.4, -0.2) is 25.5 Å². The SMILES string of the molecule is Cc1ccccc1C(=O)N(Cc1ccc(C#N)cc1)c1nc2nc(C)c(C)c(=O)n2[nH]1. The molecule has 2 aromatic carbocycles. The molecule has 8 nitrogen and oxygen atoms in total. The number of nitrogens with zero attached hydrogens (tertiary/aromatic N) is 5. The lowest BCUT2D eigenvalue weighted by molar-refractivity contribution is 0.0983. The topological polar surface area (TPSA) is 107 Å². The lowest BCUT2D eigenvalue weighted by Gasteiger charge is -2.21. The van der Waals surface area contributed by atoms with Gasteiger partial charge in [-0.1, -0.05) is 30.3 Å². The number of aryl methyl sites for hydroxylation is 2. The van der Waals surface area contributed by atoms with Crippen LogP contribution in [0.2, 0.25) is 0 Å². The smallest absolute Gasteiger partial charge is 0.272 e. The van der Waals surface area contributed by atoms with Crippen molar-refractivity contribution in [3.8, 4) is 6.07 Å². The van der Waals surface area contributed by atoms with Crippen LogP contribution in [0.15, 0.2) is 53.3 Å². The Balaban J connectivity index is 1.83. The maximum absolute atomic E-state index is 13.5. The van der Waals surface area contributed by atoms with E-state index in [1.807, 2.05) is 19.1 Å². The molecule has 1 amide bonds. The van der Waals surface area contributed by atoms with Gasteiger partial charge in [0.05, 0.1) is 18.2 Å². The number of anilines is 1. The van der Waals surface area contributed by atoms with Gasteiger partial charge >= 0.3 is 0 Å². The molecular weight excluding hydrogens is 392 g/mol. The highest BCUT2D eigenvalue weighted by Gasteiger charge is 2.24. The second-order valence-corrected chi connectivity index (χ2v) is 7.32. The minimum Gasteiger partial charge on any atom is -0.272 e. The van der Waals surface area contributed by atoms with E-state index in [-0.39, 0.29) is 29.7 Å². The lowest BCUT2D eigenvalue weighted by atomic mass is 10.1. The summed E-state index contributed by atoms with van der Waals surface area (Å²) in [5.41, 5.74) is 3.55. The number of carbonyl (C=O) groups is 1. The highest BCUT2D eigenvalue weighted by atomic mass is 16.2. The number of aromatic amines is 1. The second-order valence-electron chi connectivity index (χ2n) is 7.32. The maximum atomic E-state index is 13.5. The van der Waals surface area contributed by atoms with Gasteiger partial charge in [0.1, 0.15) is 0 Å². The molecule has 154 valence electrons. The van der Waals surface area contributed by atoms with Crippen molar-refractivity contribution in [1.82, 2.24) is 19.6 Å². The van der Waals surface area contributed by atoms with Crippen LogP contribution in [0.4, 0.5) is 5.95 Å². The van der Waals surface area contributed by atoms with Gasteiger partial charge in [-0.05, 0) is 50.1 Å². The molecule has 0 atom stereocenters. The van der Waals surface area contributed by atoms with Gasteiger partial charge in [0.2, 0.25) is 5.95 Å². The van der Waals surface area contributed by atoms with Gasteiger partial charge in [-0.15, -0.1) is 0 Å². The number of nitriles is 1. The minimum atomic E-state index is -0.261. The Labute approximate surface area is 178 Å². The second kappa shape index (κ2) is 7.88. The van der Waals surface area contributed by atoms with Gasteiger partial charge in [-0.2, -0.15) is 14.8 Å². The summed E-state index contributed by atoms with van der Waals surface area (Å²) in [4.78, 5) is 36.4. The molecule has 0 aliphatic rings. The molecule has 0 unspecified atom stereocenters. The molecule has 0 fully saturated rings. The van der Waals surface area contributed by atoms with Crippen LogP contribution >= 0.6 is 0 Å². The van der Waals surface area contributed by atoms with Crippen LogP contribution in [0, 0.1) is 32.1 Å². The fourth-order valence-electron chi connectivity index (χ4n) is 3.28. The first-order valence-electron chi connectivity index (χ1n) is 9.71. The molecule has 0 saturated heterocycles. The van der Waals surface area contributed by atoms with Crippen LogP contribution in [0.1, 0.15) is 38.3 Å². The third-order valence-electron chi connectivity index (χ3n) is 5.25. The van der Waals surface area contributed by atoms with Crippen LogP contribution in [0.25, 0.3) is 5.78 Å². The number of hydrogen-bond donors (Lipinski definition) is 1. The van der Waals surface area contributed by atoms with E-state index in [0.29, 0.717) is 22.4 Å². The third kappa shape index (κ3) is 3.69. The Kier molecular flexibility index (Phi) is 5.09. The van der Waals surface area contributed by atoms with E-state index in [1.54, 1.807) is 50.2 Å². The summed E-state index contributed by atoms with van der Waals surface area (Å²) in [6, 6.07) is 16.4. The molecule has 0 aliphatic heterocycles. The summed E-state index contributed by atoms with van der Waals surface area (Å²) in [5.74, 6) is 0.153. The summed E-state index contributed by atoms with van der Waals surface area (Å²) in [6.45, 7) is 5.51. The number of carbonyl (C=O) groups excluding carboxylic acids is 1. The zero-order valence-electron chi connectivity index (χ0n) is 17.4. The molecular formula is C23H20N6O2. The number of amides is 1. The monoisotopic (exact) mass is 412 g/mol. The Bertz CT molecular complexity index is 1390. The molecule has 1 N–H and O–H groups in total. The Morgan fingerprint density at radius 1 is 1.10 bits per heavy atom. The molecule has 0 radical (unpaired) electrons. The van der Waals surface area contributed by atoms with Crippen LogP contribution < -0.4 is 10.5 Å². The molecule has 0 bridgehead atoms. The van der Waals surface area contributed by atoms with Crippen LogP contribution in [0.3, 0.4) is 0 Å². The Morgan fingerprint density at radius 2 is 1.81 bits per heavy atom. The number of rotatable bonds is 4. The predicted octanol–water partition coefficient (Wildman–Crippen LogP) is 3.06. The van der Waals surface area contributed by atoms with Gasteiger partial charge in [-0.3, -0.25) is 19.6 Å². The van der Waals surface area contributed by atoms with Gasteiger partial charge in [0, 0.05) is 16.8 Å². The molecule has 4 aromatic rings. The normalized spacial score (nSPS) is 10.8. The fourth-order valence-corrected chi connectivity index (χ4v) is 3.28. The standard InChI is InChI=1S/C23H20N6O2/c1-14-6-4-5-7-19(14)21(31)28(13-18-10-8-17(12-24)9-11-18)23-26-22-25-16(3)15(2)20(30)29(22)27-23/h4-11H,13H2,1-3H3,(H,25,26,27). The van der Waals surface area contributed by atoms with Gasteiger partial charge in [0.15, 0.2) is 0 Å². The molecule has 2 aromatic heterocycles. The number of fused-ring (bicyclic) bond motifs is 1. The summed E-state index contributed by atoms with van der Waals surface area (Å²) in [6.07, 6.45) is 0. The highest BCUT2D eigenvalue weighted by Crippen LogP contribution is 2.19. The van der Waals surface area contributed by atoms with Crippen molar-refractivity contribution in [3.63, 3.8) is 0 Å². The third-order valence-corrected chi connectivity index (χ3v) is 5.25. The Hall–Kier alpha value is -4.25. The van der Waals surface area contributed by atoms with Crippen LogP contribution in [0.5, 0.6) is 0 Å². The van der Waals surface area contributed by atoms with Crippen LogP contribution in [-0.2, 0) is 6.54 Å². The van der Waals surface area contributed by atoms with E-state index >= 15 is 0 Å². The lowest BCUT2D eigenvalue weighted by Crippen LogP contribution is -2.32. The van der Waals surface area contributed by atoms with E-state index in [4.69, 9.17) is 5.26 Å². The van der Waals surface area contributed by atoms with Crippen molar-refractivity contribution < 1.29 is 4.79 Å². The summed E-state index contributed by atoms with van der Waals surface area (Å²) in [7, 11) is 0. The number of H-pyrrole nitrogens is 1. The minimum absolute atomic E-state index is 0.200. The van der Waals surface area contributed by atoms with Gasteiger partial charge in [-0.25, -0.2) is 4.98 Å². The van der Waals surface area contributed by atoms with E-state index in [2.05, 4.69) is 21.1 Å². The molecule has 0 spiro atoms. The van der Waals surface area contributed by atoms with Gasteiger partial charge < -0.3 is 0 Å². The number of benzene rings is 2. The van der Waals surface area contributed by atoms with E-state index in [9.17, 15) is 9.59 Å². The average molecular weight is 412 g/mol. The van der Waals surface area contributed by atoms with Crippen molar-refractivity contribution >= 4 is 17.6 Å². The first-order valence-corrected chi connectivity index (χ1v) is 9.71. The van der Waals surface area contributed by atoms with Crippen molar-refractivity contribution in [2.75, 3.05) is 4.90 Å². The van der Waals surface area contributed by atoms with Crippen molar-refractivity contribution in [3.05, 3.63) is 92.4 Å². The zero-order chi connectivity index (χ0) is 22.1. The number of aromatic nitrogens is 4. The fraction of sp³-hybridized carbons (Fsp3) is 0.174. The van der Waals surface area contributed by atoms with E-state index in [1.165, 1.54) is 9.42 Å². The van der Waals surface area contributed by atoms with Gasteiger partial charge in [0.25, 0.3) is 17.2 Å². The Morgan fingerprint density at radius 3 is 2.48 bits per heavy atom. The summed E-state index contributed by atoms with van der Waals surface area (Å²) in [5, 5.41) is 12.0. The van der Waals surface area contributed by atoms with Crippen molar-refractivity contribution in [2.24, 2.45) is 0 Å². The zero-order valence-corrected chi connectivity index (χ0v) is 17.4. The van der Waals surface area contributed by atoms with E-state index < -0.39 is 0 Å². The predicted molar refractivity (Wildman–Crippen MR) is 116 cm³/mol. The molecule has 31 heavy (non-hydrogen) atoms. The quantitative estimate of drug-likeness (QED) is 0.554. The van der Waals surface area contributed by atoms with Crippen molar-refractivity contribution in [2.45, 2.75) is 27.3 Å². The number of nitrogens with one attached hydrogen (secondary N) is 1. The molecule has 2 heterocycles. The highest BCUT2D eigenvalue weighted by molar-refractivity contribution is 6.06. The molecule has 4 rings (SSSR count). The first kappa shape index (κ1) is 20.0. The maximum Gasteiger partial charge on any atom is 0.277 e. The molecule has 0 aliphatic carbocycles. The summed E-state index contributed by atoms with van der Waals surface area (Å²) >= 11 is 0. The average Bonchev–Trinajstić information content (AvgIpc) is 3.20. The first-order chi connectivity index (χ1) is 14.9.